The van der Waals surface area contributed by atoms with Gasteiger partial charge in [-0.25, -0.2) is 8.42 Å². The zero-order chi connectivity index (χ0) is 17.6. The molecule has 1 aliphatic carbocycles. The lowest BCUT2D eigenvalue weighted by Crippen LogP contribution is -2.39. The van der Waals surface area contributed by atoms with Crippen LogP contribution in [-0.2, 0) is 29.7 Å². The van der Waals surface area contributed by atoms with Gasteiger partial charge in [-0.2, -0.15) is 14.5 Å². The average molecular weight is 365 g/mol. The van der Waals surface area contributed by atoms with E-state index in [-0.39, 0.29) is 11.6 Å². The van der Waals surface area contributed by atoms with Crippen molar-refractivity contribution in [3.63, 3.8) is 0 Å². The van der Waals surface area contributed by atoms with E-state index in [1.807, 2.05) is 17.7 Å². The summed E-state index contributed by atoms with van der Waals surface area (Å²) in [5.74, 6) is 0.306. The second-order valence-corrected chi connectivity index (χ2v) is 8.68. The maximum atomic E-state index is 13.0. The van der Waals surface area contributed by atoms with Gasteiger partial charge in [-0.05, 0) is 37.3 Å². The zero-order valence-electron chi connectivity index (χ0n) is 14.2. The van der Waals surface area contributed by atoms with Crippen LogP contribution in [0.15, 0.2) is 23.4 Å². The molecule has 0 saturated heterocycles. The van der Waals surface area contributed by atoms with Gasteiger partial charge in [0.15, 0.2) is 5.03 Å². The number of aryl methyl sites for hydroxylation is 1. The number of aromatic nitrogens is 4. The molecule has 2 aromatic heterocycles. The number of fused-ring (bicyclic) bond motifs is 1. The van der Waals surface area contributed by atoms with Crippen LogP contribution in [0.2, 0.25) is 0 Å². The van der Waals surface area contributed by atoms with Crippen LogP contribution in [0.5, 0.6) is 0 Å². The summed E-state index contributed by atoms with van der Waals surface area (Å²) in [4.78, 5) is 0. The molecule has 136 valence electrons. The fraction of sp³-hybridized carbons (Fsp3) is 0.625. The first-order valence-corrected chi connectivity index (χ1v) is 10.2. The highest BCUT2D eigenvalue weighted by molar-refractivity contribution is 7.89. The fourth-order valence-corrected chi connectivity index (χ4v) is 4.85. The number of aliphatic hydroxyl groups excluding tert-OH is 1. The second-order valence-electron chi connectivity index (χ2n) is 6.80. The molecule has 0 spiro atoms. The fourth-order valence-electron chi connectivity index (χ4n) is 3.32. The molecular weight excluding hydrogens is 342 g/mol. The van der Waals surface area contributed by atoms with E-state index in [2.05, 4.69) is 10.2 Å². The molecule has 1 N–H and O–H groups in total. The monoisotopic (exact) mass is 365 g/mol. The lowest BCUT2D eigenvalue weighted by Gasteiger charge is -2.26. The smallest absolute Gasteiger partial charge is 0.260 e. The van der Waals surface area contributed by atoms with Crippen molar-refractivity contribution < 1.29 is 13.5 Å². The minimum Gasteiger partial charge on any atom is -0.386 e. The van der Waals surface area contributed by atoms with Gasteiger partial charge in [0.05, 0.1) is 30.7 Å². The minimum atomic E-state index is -3.60. The molecule has 0 radical (unpaired) electrons. The van der Waals surface area contributed by atoms with Crippen LogP contribution in [-0.4, -0.2) is 43.9 Å². The summed E-state index contributed by atoms with van der Waals surface area (Å²) in [6.07, 6.45) is 3.88. The summed E-state index contributed by atoms with van der Waals surface area (Å²) in [6.45, 7) is 3.69. The average Bonchev–Trinajstić information content (AvgIpc) is 3.17. The van der Waals surface area contributed by atoms with Gasteiger partial charge in [-0.15, -0.1) is 0 Å². The highest BCUT2D eigenvalue weighted by Gasteiger charge is 2.35. The molecule has 4 rings (SSSR count). The Morgan fingerprint density at radius 1 is 1.36 bits per heavy atom. The Bertz CT molecular complexity index is 868. The number of aliphatic hydroxyl groups is 1. The molecule has 1 aliphatic heterocycles. The van der Waals surface area contributed by atoms with Crippen molar-refractivity contribution in [3.8, 4) is 0 Å². The standard InChI is InChI=1S/C16H23N5O3S/c1-2-7-21-15(5-6-17-21)25(23,24)19-8-9-20-13(11-19)10-14(18-20)16(22)12-3-4-12/h5-6,10,12,16,22H,2-4,7-9,11H2,1H3/t16-/m0/s1. The van der Waals surface area contributed by atoms with Crippen molar-refractivity contribution in [1.29, 1.82) is 0 Å². The topological polar surface area (TPSA) is 93.3 Å². The van der Waals surface area contributed by atoms with E-state index in [9.17, 15) is 13.5 Å². The van der Waals surface area contributed by atoms with Gasteiger partial charge in [-0.3, -0.25) is 9.36 Å². The molecule has 2 aromatic rings. The van der Waals surface area contributed by atoms with E-state index in [0.717, 1.165) is 25.0 Å². The van der Waals surface area contributed by atoms with Crippen LogP contribution in [0.4, 0.5) is 0 Å². The van der Waals surface area contributed by atoms with Crippen LogP contribution < -0.4 is 0 Å². The van der Waals surface area contributed by atoms with Gasteiger partial charge in [-0.1, -0.05) is 6.92 Å². The van der Waals surface area contributed by atoms with E-state index in [1.165, 1.54) is 10.5 Å². The molecule has 3 heterocycles. The number of rotatable bonds is 6. The molecule has 0 aromatic carbocycles. The summed E-state index contributed by atoms with van der Waals surface area (Å²) in [5, 5.41) is 19.1. The lowest BCUT2D eigenvalue weighted by molar-refractivity contribution is 0.148. The summed E-state index contributed by atoms with van der Waals surface area (Å²) < 4.78 is 30.8. The maximum absolute atomic E-state index is 13.0. The maximum Gasteiger partial charge on any atom is 0.260 e. The third kappa shape index (κ3) is 3.00. The highest BCUT2D eigenvalue weighted by atomic mass is 32.2. The van der Waals surface area contributed by atoms with Crippen molar-refractivity contribution in [2.75, 3.05) is 6.54 Å². The van der Waals surface area contributed by atoms with Crippen LogP contribution in [0.25, 0.3) is 0 Å². The van der Waals surface area contributed by atoms with Crippen molar-refractivity contribution >= 4 is 10.0 Å². The summed E-state index contributed by atoms with van der Waals surface area (Å²) in [7, 11) is -3.60. The Morgan fingerprint density at radius 2 is 2.16 bits per heavy atom. The quantitative estimate of drug-likeness (QED) is 0.828. The number of hydrogen-bond acceptors (Lipinski definition) is 5. The third-order valence-corrected chi connectivity index (χ3v) is 6.74. The Morgan fingerprint density at radius 3 is 2.88 bits per heavy atom. The molecule has 8 nitrogen and oxygen atoms in total. The van der Waals surface area contributed by atoms with Crippen molar-refractivity contribution in [2.45, 2.75) is 57.0 Å². The Kier molecular flexibility index (Phi) is 4.17. The molecule has 2 aliphatic rings. The molecule has 1 atom stereocenters. The van der Waals surface area contributed by atoms with E-state index in [0.29, 0.717) is 31.2 Å². The predicted molar refractivity (Wildman–Crippen MR) is 90.0 cm³/mol. The molecule has 1 fully saturated rings. The van der Waals surface area contributed by atoms with Gasteiger partial charge in [0.1, 0.15) is 6.10 Å². The Balaban J connectivity index is 1.58. The summed E-state index contributed by atoms with van der Waals surface area (Å²) >= 11 is 0. The van der Waals surface area contributed by atoms with Crippen LogP contribution in [0.3, 0.4) is 0 Å². The van der Waals surface area contributed by atoms with Gasteiger partial charge < -0.3 is 5.11 Å². The van der Waals surface area contributed by atoms with Crippen LogP contribution in [0.1, 0.15) is 43.7 Å². The lowest BCUT2D eigenvalue weighted by atomic mass is 10.1. The first-order valence-electron chi connectivity index (χ1n) is 8.77. The second kappa shape index (κ2) is 6.22. The third-order valence-electron chi connectivity index (χ3n) is 4.87. The van der Waals surface area contributed by atoms with Gasteiger partial charge >= 0.3 is 0 Å². The Hall–Kier alpha value is -1.71. The summed E-state index contributed by atoms with van der Waals surface area (Å²) in [5.41, 5.74) is 1.49. The first kappa shape index (κ1) is 16.7. The predicted octanol–water partition coefficient (Wildman–Crippen LogP) is 1.14. The normalized spacial score (nSPS) is 19.8. The largest absolute Gasteiger partial charge is 0.386 e. The SMILES string of the molecule is CCCn1nccc1S(=O)(=O)N1CCn2nc([C@@H](O)C3CC3)cc2C1. The van der Waals surface area contributed by atoms with Crippen molar-refractivity contribution in [2.24, 2.45) is 5.92 Å². The van der Waals surface area contributed by atoms with Crippen LogP contribution >= 0.6 is 0 Å². The molecule has 0 amide bonds. The van der Waals surface area contributed by atoms with Gasteiger partial charge in [0, 0.05) is 13.1 Å². The van der Waals surface area contributed by atoms with Gasteiger partial charge in [0.2, 0.25) is 0 Å². The van der Waals surface area contributed by atoms with E-state index >= 15 is 0 Å². The zero-order valence-corrected chi connectivity index (χ0v) is 15.1. The molecule has 25 heavy (non-hydrogen) atoms. The van der Waals surface area contributed by atoms with Crippen molar-refractivity contribution in [1.82, 2.24) is 23.9 Å². The first-order chi connectivity index (χ1) is 12.0. The Labute approximate surface area is 147 Å². The molecule has 0 bridgehead atoms. The minimum absolute atomic E-state index is 0.237. The van der Waals surface area contributed by atoms with Crippen molar-refractivity contribution in [3.05, 3.63) is 29.7 Å². The number of hydrogen-bond donors (Lipinski definition) is 1. The van der Waals surface area contributed by atoms with E-state index < -0.39 is 16.1 Å². The van der Waals surface area contributed by atoms with E-state index in [1.54, 1.807) is 10.7 Å². The molecule has 9 heteroatoms. The molecule has 1 saturated carbocycles. The number of nitrogens with zero attached hydrogens (tertiary/aromatic N) is 5. The van der Waals surface area contributed by atoms with Crippen LogP contribution in [0, 0.1) is 5.92 Å². The van der Waals surface area contributed by atoms with E-state index in [4.69, 9.17) is 0 Å². The van der Waals surface area contributed by atoms with Gasteiger partial charge in [0.25, 0.3) is 10.0 Å². The molecular formula is C16H23N5O3S. The molecule has 0 unspecified atom stereocenters. The number of sulfonamides is 1. The summed E-state index contributed by atoms with van der Waals surface area (Å²) in [6, 6.07) is 3.40. The highest BCUT2D eigenvalue weighted by Crippen LogP contribution is 2.40.